The average Bonchev–Trinajstić information content (AvgIpc) is 3.21. The van der Waals surface area contributed by atoms with Gasteiger partial charge in [0.25, 0.3) is 0 Å². The Morgan fingerprint density at radius 3 is 2.71 bits per heavy atom. The molecule has 1 aromatic carbocycles. The van der Waals surface area contributed by atoms with Gasteiger partial charge in [-0.05, 0) is 55.8 Å². The van der Waals surface area contributed by atoms with Gasteiger partial charge in [-0.1, -0.05) is 12.1 Å². The predicted octanol–water partition coefficient (Wildman–Crippen LogP) is 3.31. The van der Waals surface area contributed by atoms with E-state index in [1.165, 1.54) is 23.3 Å². The zero-order valence-corrected chi connectivity index (χ0v) is 13.2. The van der Waals surface area contributed by atoms with Crippen LogP contribution >= 0.6 is 11.3 Å². The SMILES string of the molecule is COc1ccc(CC(CNC2CC2)Cc2cncs2)cc1. The summed E-state index contributed by atoms with van der Waals surface area (Å²) < 4.78 is 5.23. The molecule has 0 saturated heterocycles. The highest BCUT2D eigenvalue weighted by Gasteiger charge is 2.22. The van der Waals surface area contributed by atoms with Crippen molar-refractivity contribution in [3.05, 3.63) is 46.4 Å². The van der Waals surface area contributed by atoms with Crippen molar-refractivity contribution in [2.24, 2.45) is 5.92 Å². The first-order chi connectivity index (χ1) is 10.3. The summed E-state index contributed by atoms with van der Waals surface area (Å²) in [5, 5.41) is 3.67. The van der Waals surface area contributed by atoms with Crippen LogP contribution in [0.2, 0.25) is 0 Å². The smallest absolute Gasteiger partial charge is 0.118 e. The summed E-state index contributed by atoms with van der Waals surface area (Å²) in [6.07, 6.45) is 6.90. The summed E-state index contributed by atoms with van der Waals surface area (Å²) in [4.78, 5) is 5.57. The first kappa shape index (κ1) is 14.5. The largest absolute Gasteiger partial charge is 0.497 e. The van der Waals surface area contributed by atoms with E-state index in [9.17, 15) is 0 Å². The highest BCUT2D eigenvalue weighted by atomic mass is 32.1. The van der Waals surface area contributed by atoms with E-state index < -0.39 is 0 Å². The van der Waals surface area contributed by atoms with Crippen LogP contribution in [-0.4, -0.2) is 24.7 Å². The number of nitrogens with one attached hydrogen (secondary N) is 1. The summed E-state index contributed by atoms with van der Waals surface area (Å²) in [6.45, 7) is 1.09. The van der Waals surface area contributed by atoms with Crippen molar-refractivity contribution >= 4 is 11.3 Å². The fraction of sp³-hybridized carbons (Fsp3) is 0.471. The summed E-state index contributed by atoms with van der Waals surface area (Å²) in [5.74, 6) is 1.55. The fourth-order valence-corrected chi connectivity index (χ4v) is 3.27. The van der Waals surface area contributed by atoms with Gasteiger partial charge in [0.05, 0.1) is 12.6 Å². The van der Waals surface area contributed by atoms with Crippen LogP contribution < -0.4 is 10.1 Å². The number of aromatic nitrogens is 1. The third-order valence-electron chi connectivity index (χ3n) is 3.93. The summed E-state index contributed by atoms with van der Waals surface area (Å²) in [6, 6.07) is 9.22. The van der Waals surface area contributed by atoms with Crippen molar-refractivity contribution in [2.45, 2.75) is 31.7 Å². The molecule has 0 amide bonds. The van der Waals surface area contributed by atoms with E-state index in [4.69, 9.17) is 4.74 Å². The number of hydrogen-bond donors (Lipinski definition) is 1. The van der Waals surface area contributed by atoms with Crippen LogP contribution in [0.4, 0.5) is 0 Å². The molecule has 0 aliphatic heterocycles. The molecule has 3 nitrogen and oxygen atoms in total. The zero-order chi connectivity index (χ0) is 14.5. The zero-order valence-electron chi connectivity index (χ0n) is 12.4. The minimum absolute atomic E-state index is 0.624. The molecule has 1 N–H and O–H groups in total. The topological polar surface area (TPSA) is 34.1 Å². The number of ether oxygens (including phenoxy) is 1. The second-order valence-electron chi connectivity index (χ2n) is 5.77. The van der Waals surface area contributed by atoms with Crippen molar-refractivity contribution in [2.75, 3.05) is 13.7 Å². The van der Waals surface area contributed by atoms with Crippen LogP contribution in [0, 0.1) is 5.92 Å². The lowest BCUT2D eigenvalue weighted by atomic mass is 9.95. The normalized spacial score (nSPS) is 15.9. The Hall–Kier alpha value is -1.39. The van der Waals surface area contributed by atoms with Gasteiger partial charge in [-0.2, -0.15) is 0 Å². The lowest BCUT2D eigenvalue weighted by Crippen LogP contribution is -2.27. The van der Waals surface area contributed by atoms with Gasteiger partial charge in [0.2, 0.25) is 0 Å². The quantitative estimate of drug-likeness (QED) is 0.812. The lowest BCUT2D eigenvalue weighted by molar-refractivity contribution is 0.414. The Bertz CT molecular complexity index is 534. The van der Waals surface area contributed by atoms with Crippen LogP contribution in [0.5, 0.6) is 5.75 Å². The molecule has 1 saturated carbocycles. The van der Waals surface area contributed by atoms with E-state index in [1.54, 1.807) is 18.4 Å². The van der Waals surface area contributed by atoms with Crippen LogP contribution in [0.3, 0.4) is 0 Å². The highest BCUT2D eigenvalue weighted by molar-refractivity contribution is 7.09. The molecule has 0 spiro atoms. The van der Waals surface area contributed by atoms with Gasteiger partial charge in [-0.3, -0.25) is 4.98 Å². The molecule has 1 atom stereocenters. The molecule has 1 fully saturated rings. The Balaban J connectivity index is 1.61. The summed E-state index contributed by atoms with van der Waals surface area (Å²) in [5.41, 5.74) is 3.30. The minimum Gasteiger partial charge on any atom is -0.497 e. The Labute approximate surface area is 130 Å². The van der Waals surface area contributed by atoms with Gasteiger partial charge in [0.15, 0.2) is 0 Å². The van der Waals surface area contributed by atoms with Gasteiger partial charge < -0.3 is 10.1 Å². The van der Waals surface area contributed by atoms with Crippen molar-refractivity contribution in [1.82, 2.24) is 10.3 Å². The second kappa shape index (κ2) is 7.05. The molecular formula is C17H22N2OS. The van der Waals surface area contributed by atoms with Crippen molar-refractivity contribution in [3.63, 3.8) is 0 Å². The number of benzene rings is 1. The Morgan fingerprint density at radius 2 is 2.10 bits per heavy atom. The molecule has 0 radical (unpaired) electrons. The van der Waals surface area contributed by atoms with Gasteiger partial charge in [-0.15, -0.1) is 11.3 Å². The summed E-state index contributed by atoms with van der Waals surface area (Å²) >= 11 is 1.76. The highest BCUT2D eigenvalue weighted by Crippen LogP contribution is 2.22. The molecule has 21 heavy (non-hydrogen) atoms. The standard InChI is InChI=1S/C17H22N2OS/c1-20-16-6-2-13(3-7-16)8-14(10-19-15-4-5-15)9-17-11-18-12-21-17/h2-3,6-7,11-12,14-15,19H,4-5,8-10H2,1H3. The molecule has 3 rings (SSSR count). The number of thiazole rings is 1. The average molecular weight is 302 g/mol. The number of hydrogen-bond acceptors (Lipinski definition) is 4. The first-order valence-corrected chi connectivity index (χ1v) is 8.45. The molecular weight excluding hydrogens is 280 g/mol. The monoisotopic (exact) mass is 302 g/mol. The molecule has 4 heteroatoms. The third-order valence-corrected chi connectivity index (χ3v) is 4.73. The Kier molecular flexibility index (Phi) is 4.88. The molecule has 1 heterocycles. The predicted molar refractivity (Wildman–Crippen MR) is 87.0 cm³/mol. The van der Waals surface area contributed by atoms with Crippen LogP contribution in [-0.2, 0) is 12.8 Å². The van der Waals surface area contributed by atoms with E-state index in [-0.39, 0.29) is 0 Å². The van der Waals surface area contributed by atoms with Crippen LogP contribution in [0.15, 0.2) is 36.0 Å². The molecule has 0 bridgehead atoms. The van der Waals surface area contributed by atoms with Gasteiger partial charge >= 0.3 is 0 Å². The van der Waals surface area contributed by atoms with E-state index in [0.717, 1.165) is 31.2 Å². The Morgan fingerprint density at radius 1 is 1.29 bits per heavy atom. The fourth-order valence-electron chi connectivity index (χ4n) is 2.56. The molecule has 1 aliphatic rings. The van der Waals surface area contributed by atoms with Crippen molar-refractivity contribution < 1.29 is 4.74 Å². The third kappa shape index (κ3) is 4.55. The van der Waals surface area contributed by atoms with Crippen molar-refractivity contribution in [3.8, 4) is 5.75 Å². The number of rotatable bonds is 8. The van der Waals surface area contributed by atoms with Gasteiger partial charge in [0, 0.05) is 17.1 Å². The maximum atomic E-state index is 5.23. The van der Waals surface area contributed by atoms with E-state index >= 15 is 0 Å². The molecule has 1 aliphatic carbocycles. The van der Waals surface area contributed by atoms with Crippen LogP contribution in [0.25, 0.3) is 0 Å². The van der Waals surface area contributed by atoms with Gasteiger partial charge in [0.1, 0.15) is 5.75 Å². The molecule has 1 aromatic heterocycles. The first-order valence-electron chi connectivity index (χ1n) is 7.57. The number of nitrogens with zero attached hydrogens (tertiary/aromatic N) is 1. The van der Waals surface area contributed by atoms with E-state index in [2.05, 4.69) is 22.4 Å². The maximum Gasteiger partial charge on any atom is 0.118 e. The van der Waals surface area contributed by atoms with Crippen LogP contribution in [0.1, 0.15) is 23.3 Å². The van der Waals surface area contributed by atoms with E-state index in [0.29, 0.717) is 5.92 Å². The van der Waals surface area contributed by atoms with Crippen molar-refractivity contribution in [1.29, 1.82) is 0 Å². The minimum atomic E-state index is 0.624. The molecule has 2 aromatic rings. The molecule has 112 valence electrons. The lowest BCUT2D eigenvalue weighted by Gasteiger charge is -2.17. The van der Waals surface area contributed by atoms with E-state index in [1.807, 2.05) is 23.8 Å². The molecule has 1 unspecified atom stereocenters. The summed E-state index contributed by atoms with van der Waals surface area (Å²) in [7, 11) is 1.71. The maximum absolute atomic E-state index is 5.23. The van der Waals surface area contributed by atoms with Gasteiger partial charge in [-0.25, -0.2) is 0 Å². The second-order valence-corrected chi connectivity index (χ2v) is 6.74. The number of methoxy groups -OCH3 is 1.